The summed E-state index contributed by atoms with van der Waals surface area (Å²) in [6, 6.07) is 7.57. The van der Waals surface area contributed by atoms with E-state index in [-0.39, 0.29) is 4.90 Å². The molecule has 0 saturated heterocycles. The molecule has 2 N–H and O–H groups in total. The summed E-state index contributed by atoms with van der Waals surface area (Å²) in [7, 11) is -3.68. The van der Waals surface area contributed by atoms with Gasteiger partial charge < -0.3 is 4.57 Å². The lowest BCUT2D eigenvalue weighted by Gasteiger charge is -2.07. The Morgan fingerprint density at radius 1 is 1.32 bits per heavy atom. The van der Waals surface area contributed by atoms with Gasteiger partial charge in [0.1, 0.15) is 4.90 Å². The van der Waals surface area contributed by atoms with E-state index in [1.807, 2.05) is 31.2 Å². The average molecular weight is 278 g/mol. The van der Waals surface area contributed by atoms with Gasteiger partial charge in [-0.1, -0.05) is 31.0 Å². The Morgan fingerprint density at radius 3 is 2.63 bits per heavy atom. The minimum absolute atomic E-state index is 0.277. The highest BCUT2D eigenvalue weighted by Gasteiger charge is 2.24. The topological polar surface area (TPSA) is 65.1 Å². The zero-order chi connectivity index (χ0) is 13.6. The van der Waals surface area contributed by atoms with Gasteiger partial charge >= 0.3 is 0 Å². The molecule has 1 aromatic heterocycles. The molecule has 4 nitrogen and oxygen atoms in total. The van der Waals surface area contributed by atoms with Crippen LogP contribution in [0.25, 0.3) is 10.9 Å². The van der Waals surface area contributed by atoms with Crippen LogP contribution >= 0.6 is 0 Å². The number of fused-ring (bicyclic) bond motifs is 1. The summed E-state index contributed by atoms with van der Waals surface area (Å²) < 4.78 is 25.7. The van der Waals surface area contributed by atoms with Crippen molar-refractivity contribution in [1.82, 2.24) is 4.57 Å². The molecular weight excluding hydrogens is 260 g/mol. The lowest BCUT2D eigenvalue weighted by molar-refractivity contribution is 0.587. The monoisotopic (exact) mass is 278 g/mol. The smallest absolute Gasteiger partial charge is 0.240 e. The molecule has 0 aliphatic heterocycles. The molecule has 1 heterocycles. The molecule has 1 saturated carbocycles. The largest absolute Gasteiger partial charge is 0.343 e. The van der Waals surface area contributed by atoms with Crippen LogP contribution in [0.3, 0.4) is 0 Å². The number of benzene rings is 1. The van der Waals surface area contributed by atoms with Gasteiger partial charge in [0, 0.05) is 23.1 Å². The number of sulfonamides is 1. The lowest BCUT2D eigenvalue weighted by atomic mass is 10.2. The maximum Gasteiger partial charge on any atom is 0.240 e. The second-order valence-electron chi connectivity index (χ2n) is 5.36. The minimum atomic E-state index is -3.68. The van der Waals surface area contributed by atoms with Crippen molar-refractivity contribution in [2.75, 3.05) is 0 Å². The van der Waals surface area contributed by atoms with E-state index < -0.39 is 10.0 Å². The summed E-state index contributed by atoms with van der Waals surface area (Å²) in [5, 5.41) is 6.10. The van der Waals surface area contributed by atoms with Crippen LogP contribution in [0.4, 0.5) is 0 Å². The van der Waals surface area contributed by atoms with Gasteiger partial charge in [-0.15, -0.1) is 0 Å². The van der Waals surface area contributed by atoms with Gasteiger partial charge in [0.05, 0.1) is 0 Å². The molecule has 1 aromatic carbocycles. The molecule has 2 aromatic rings. The average Bonchev–Trinajstić information content (AvgIpc) is 3.09. The van der Waals surface area contributed by atoms with Crippen molar-refractivity contribution in [3.05, 3.63) is 30.0 Å². The van der Waals surface area contributed by atoms with Crippen molar-refractivity contribution in [1.29, 1.82) is 0 Å². The SMILES string of the molecule is Cc1c(S(N)(=O)=O)c2ccccc2n1CCC1CC1. The normalized spacial score (nSPS) is 16.1. The molecule has 0 spiro atoms. The van der Waals surface area contributed by atoms with Crippen LogP contribution in [0.5, 0.6) is 0 Å². The zero-order valence-corrected chi connectivity index (χ0v) is 11.8. The van der Waals surface area contributed by atoms with E-state index >= 15 is 0 Å². The van der Waals surface area contributed by atoms with E-state index in [9.17, 15) is 8.42 Å². The molecule has 0 radical (unpaired) electrons. The highest BCUT2D eigenvalue weighted by atomic mass is 32.2. The molecule has 5 heteroatoms. The van der Waals surface area contributed by atoms with Gasteiger partial charge in [-0.05, 0) is 25.3 Å². The quantitative estimate of drug-likeness (QED) is 0.933. The Kier molecular flexibility index (Phi) is 2.91. The van der Waals surface area contributed by atoms with Crippen molar-refractivity contribution in [2.45, 2.75) is 37.6 Å². The first-order valence-electron chi connectivity index (χ1n) is 6.59. The number of nitrogens with two attached hydrogens (primary N) is 1. The summed E-state index contributed by atoms with van der Waals surface area (Å²) >= 11 is 0. The third kappa shape index (κ3) is 2.28. The van der Waals surface area contributed by atoms with Gasteiger partial charge in [0.15, 0.2) is 0 Å². The molecule has 0 atom stereocenters. The molecule has 1 aliphatic rings. The van der Waals surface area contributed by atoms with E-state index in [0.717, 1.165) is 35.5 Å². The standard InChI is InChI=1S/C14H18N2O2S/c1-10-14(19(15,17)18)12-4-2-3-5-13(12)16(10)9-8-11-6-7-11/h2-5,11H,6-9H2,1H3,(H2,15,17,18). The number of rotatable bonds is 4. The molecule has 0 unspecified atom stereocenters. The number of nitrogens with zero attached hydrogens (tertiary/aromatic N) is 1. The van der Waals surface area contributed by atoms with Gasteiger partial charge in [-0.2, -0.15) is 0 Å². The molecule has 19 heavy (non-hydrogen) atoms. The Morgan fingerprint density at radius 2 is 2.00 bits per heavy atom. The second-order valence-corrected chi connectivity index (χ2v) is 6.86. The first kappa shape index (κ1) is 12.7. The summed E-state index contributed by atoms with van der Waals surface area (Å²) in [5.74, 6) is 0.818. The molecule has 0 bridgehead atoms. The molecule has 0 amide bonds. The summed E-state index contributed by atoms with van der Waals surface area (Å²) in [5.41, 5.74) is 1.72. The Bertz CT molecular complexity index is 727. The second kappa shape index (κ2) is 4.35. The summed E-state index contributed by atoms with van der Waals surface area (Å²) in [6.07, 6.45) is 3.73. The fourth-order valence-corrected chi connectivity index (χ4v) is 3.77. The Balaban J connectivity index is 2.17. The summed E-state index contributed by atoms with van der Waals surface area (Å²) in [6.45, 7) is 2.71. The first-order chi connectivity index (χ1) is 8.98. The van der Waals surface area contributed by atoms with Crippen LogP contribution in [-0.2, 0) is 16.6 Å². The zero-order valence-electron chi connectivity index (χ0n) is 11.0. The number of primary sulfonamides is 1. The maximum absolute atomic E-state index is 11.8. The van der Waals surface area contributed by atoms with Crippen molar-refractivity contribution in [2.24, 2.45) is 11.1 Å². The molecule has 3 rings (SSSR count). The molecule has 102 valence electrons. The van der Waals surface area contributed by atoms with Crippen LogP contribution in [0.2, 0.25) is 0 Å². The lowest BCUT2D eigenvalue weighted by Crippen LogP contribution is -2.13. The van der Waals surface area contributed by atoms with Crippen LogP contribution in [-0.4, -0.2) is 13.0 Å². The molecular formula is C14H18N2O2S. The van der Waals surface area contributed by atoms with E-state index in [4.69, 9.17) is 5.14 Å². The van der Waals surface area contributed by atoms with Gasteiger partial charge in [0.25, 0.3) is 0 Å². The van der Waals surface area contributed by atoms with Crippen LogP contribution < -0.4 is 5.14 Å². The Labute approximate surface area is 113 Å². The van der Waals surface area contributed by atoms with Crippen molar-refractivity contribution in [3.8, 4) is 0 Å². The molecule has 1 fully saturated rings. The van der Waals surface area contributed by atoms with E-state index in [1.165, 1.54) is 12.8 Å². The Hall–Kier alpha value is -1.33. The number of para-hydroxylation sites is 1. The third-order valence-electron chi connectivity index (χ3n) is 3.92. The number of hydrogen-bond donors (Lipinski definition) is 1. The van der Waals surface area contributed by atoms with Crippen LogP contribution in [0.1, 0.15) is 25.0 Å². The van der Waals surface area contributed by atoms with E-state index in [1.54, 1.807) is 0 Å². The van der Waals surface area contributed by atoms with E-state index in [0.29, 0.717) is 0 Å². The predicted octanol–water partition coefficient (Wildman–Crippen LogP) is 2.40. The minimum Gasteiger partial charge on any atom is -0.343 e. The number of aryl methyl sites for hydroxylation is 1. The van der Waals surface area contributed by atoms with Crippen molar-refractivity contribution in [3.63, 3.8) is 0 Å². The maximum atomic E-state index is 11.8. The van der Waals surface area contributed by atoms with Crippen molar-refractivity contribution < 1.29 is 8.42 Å². The fraction of sp³-hybridized carbons (Fsp3) is 0.429. The van der Waals surface area contributed by atoms with Gasteiger partial charge in [-0.25, -0.2) is 13.6 Å². The number of hydrogen-bond acceptors (Lipinski definition) is 2. The van der Waals surface area contributed by atoms with Crippen LogP contribution in [0, 0.1) is 12.8 Å². The third-order valence-corrected chi connectivity index (χ3v) is 5.00. The van der Waals surface area contributed by atoms with Gasteiger partial charge in [0.2, 0.25) is 10.0 Å². The predicted molar refractivity (Wildman–Crippen MR) is 75.4 cm³/mol. The van der Waals surface area contributed by atoms with Crippen LogP contribution in [0.15, 0.2) is 29.2 Å². The highest BCUT2D eigenvalue weighted by molar-refractivity contribution is 7.89. The number of aromatic nitrogens is 1. The van der Waals surface area contributed by atoms with Gasteiger partial charge in [-0.3, -0.25) is 0 Å². The summed E-state index contributed by atoms with van der Waals surface area (Å²) in [4.78, 5) is 0.277. The molecule has 1 aliphatic carbocycles. The highest BCUT2D eigenvalue weighted by Crippen LogP contribution is 2.35. The fourth-order valence-electron chi connectivity index (χ4n) is 2.76. The van der Waals surface area contributed by atoms with Crippen molar-refractivity contribution >= 4 is 20.9 Å². The first-order valence-corrected chi connectivity index (χ1v) is 8.14. The van der Waals surface area contributed by atoms with E-state index in [2.05, 4.69) is 4.57 Å².